The van der Waals surface area contributed by atoms with E-state index in [0.29, 0.717) is 34.5 Å². The molecular weight excluding hydrogens is 386 g/mol. The van der Waals surface area contributed by atoms with Gasteiger partial charge in [0.1, 0.15) is 0 Å². The summed E-state index contributed by atoms with van der Waals surface area (Å²) in [6.45, 7) is 5.20. The van der Waals surface area contributed by atoms with Crippen LogP contribution in [0.3, 0.4) is 0 Å². The monoisotopic (exact) mass is 407 g/mol. The van der Waals surface area contributed by atoms with Crippen molar-refractivity contribution in [1.82, 2.24) is 19.7 Å². The van der Waals surface area contributed by atoms with E-state index in [1.165, 1.54) is 11.3 Å². The number of fused-ring (bicyclic) bond motifs is 2. The molecular formula is C22H22ClN5O. The van der Waals surface area contributed by atoms with Gasteiger partial charge in [0.05, 0.1) is 16.9 Å². The molecule has 0 amide bonds. The highest BCUT2D eigenvalue weighted by Crippen LogP contribution is 2.30. The number of carbonyl (C=O) groups is 1. The molecule has 1 N–H and O–H groups in total. The van der Waals surface area contributed by atoms with Crippen molar-refractivity contribution in [3.05, 3.63) is 58.6 Å². The van der Waals surface area contributed by atoms with Crippen molar-refractivity contribution in [1.29, 1.82) is 0 Å². The van der Waals surface area contributed by atoms with Crippen LogP contribution in [0.15, 0.2) is 36.8 Å². The van der Waals surface area contributed by atoms with Gasteiger partial charge in [0.15, 0.2) is 5.78 Å². The molecule has 1 saturated heterocycles. The molecule has 2 aromatic heterocycles. The highest BCUT2D eigenvalue weighted by atomic mass is 35.5. The number of imidazole rings is 1. The number of rotatable bonds is 2. The largest absolute Gasteiger partial charge is 0.369 e. The number of hydrogen-bond donors (Lipinski definition) is 1. The molecule has 1 aliphatic heterocycles. The molecule has 148 valence electrons. The third-order valence-corrected chi connectivity index (χ3v) is 5.83. The molecule has 0 unspecified atom stereocenters. The second kappa shape index (κ2) is 7.28. The number of carbonyl (C=O) groups excluding carboxylic acids is 1. The molecule has 3 heterocycles. The lowest BCUT2D eigenvalue weighted by molar-refractivity contribution is -0.113. The zero-order valence-corrected chi connectivity index (χ0v) is 17.0. The summed E-state index contributed by atoms with van der Waals surface area (Å²) in [7, 11) is 0. The third kappa shape index (κ3) is 3.54. The average Bonchev–Trinajstić information content (AvgIpc) is 3.05. The van der Waals surface area contributed by atoms with Gasteiger partial charge in [-0.2, -0.15) is 0 Å². The molecule has 7 heteroatoms. The summed E-state index contributed by atoms with van der Waals surface area (Å²) in [5.41, 5.74) is 4.79. The van der Waals surface area contributed by atoms with Crippen molar-refractivity contribution in [3.63, 3.8) is 0 Å². The molecule has 0 spiro atoms. The SMILES string of the molecule is C[C@H]1CN(c2ccc3c(c2)CCC(=O)C(c2cn4cc(Cl)cnc4n2)=C3)CCN1. The number of allylic oxidation sites excluding steroid dienone is 1. The molecule has 1 aliphatic carbocycles. The van der Waals surface area contributed by atoms with Gasteiger partial charge >= 0.3 is 0 Å². The van der Waals surface area contributed by atoms with Crippen LogP contribution in [-0.4, -0.2) is 45.8 Å². The van der Waals surface area contributed by atoms with Crippen LogP contribution in [0.1, 0.15) is 30.2 Å². The van der Waals surface area contributed by atoms with Crippen LogP contribution in [0.2, 0.25) is 5.02 Å². The lowest BCUT2D eigenvalue weighted by Crippen LogP contribution is -2.49. The lowest BCUT2D eigenvalue weighted by atomic mass is 10.0. The number of nitrogens with zero attached hydrogens (tertiary/aromatic N) is 4. The van der Waals surface area contributed by atoms with Gasteiger partial charge in [0.25, 0.3) is 0 Å². The van der Waals surface area contributed by atoms with E-state index in [-0.39, 0.29) is 5.78 Å². The molecule has 0 radical (unpaired) electrons. The van der Waals surface area contributed by atoms with Crippen molar-refractivity contribution >= 4 is 40.5 Å². The van der Waals surface area contributed by atoms with Gasteiger partial charge in [-0.3, -0.25) is 9.20 Å². The van der Waals surface area contributed by atoms with Gasteiger partial charge in [-0.1, -0.05) is 17.7 Å². The average molecular weight is 408 g/mol. The van der Waals surface area contributed by atoms with Gasteiger partial charge in [0.2, 0.25) is 5.78 Å². The number of hydrogen-bond acceptors (Lipinski definition) is 5. The van der Waals surface area contributed by atoms with E-state index in [1.54, 1.807) is 16.8 Å². The van der Waals surface area contributed by atoms with Crippen molar-refractivity contribution in [2.24, 2.45) is 0 Å². The maximum atomic E-state index is 12.9. The predicted molar refractivity (Wildman–Crippen MR) is 115 cm³/mol. The maximum Gasteiger partial charge on any atom is 0.234 e. The zero-order chi connectivity index (χ0) is 20.0. The fraction of sp³-hybridized carbons (Fsp3) is 0.318. The highest BCUT2D eigenvalue weighted by molar-refractivity contribution is 6.30. The van der Waals surface area contributed by atoms with E-state index in [4.69, 9.17) is 11.6 Å². The lowest BCUT2D eigenvalue weighted by Gasteiger charge is -2.34. The number of aryl methyl sites for hydroxylation is 1. The Morgan fingerprint density at radius 1 is 1.24 bits per heavy atom. The van der Waals surface area contributed by atoms with E-state index in [9.17, 15) is 4.79 Å². The maximum absolute atomic E-state index is 12.9. The van der Waals surface area contributed by atoms with Crippen LogP contribution in [0.25, 0.3) is 17.4 Å². The fourth-order valence-corrected chi connectivity index (χ4v) is 4.29. The number of Topliss-reactive ketones (excluding diaryl/α,β-unsaturated/α-hetero) is 1. The minimum absolute atomic E-state index is 0.105. The fourth-order valence-electron chi connectivity index (χ4n) is 4.14. The summed E-state index contributed by atoms with van der Waals surface area (Å²) >= 11 is 6.02. The summed E-state index contributed by atoms with van der Waals surface area (Å²) in [5.74, 6) is 0.638. The molecule has 2 aliphatic rings. The van der Waals surface area contributed by atoms with E-state index >= 15 is 0 Å². The first-order valence-corrected chi connectivity index (χ1v) is 10.3. The molecule has 0 saturated carbocycles. The van der Waals surface area contributed by atoms with Crippen LogP contribution < -0.4 is 10.2 Å². The Morgan fingerprint density at radius 2 is 2.14 bits per heavy atom. The second-order valence-electron chi connectivity index (χ2n) is 7.77. The molecule has 29 heavy (non-hydrogen) atoms. The molecule has 0 bridgehead atoms. The van der Waals surface area contributed by atoms with E-state index in [0.717, 1.165) is 31.6 Å². The smallest absolute Gasteiger partial charge is 0.234 e. The molecule has 3 aromatic rings. The van der Waals surface area contributed by atoms with Crippen LogP contribution in [0.4, 0.5) is 5.69 Å². The normalized spacial score (nSPS) is 19.8. The topological polar surface area (TPSA) is 62.5 Å². The Labute approximate surface area is 174 Å². The number of piperazine rings is 1. The van der Waals surface area contributed by atoms with Gasteiger partial charge in [0, 0.05) is 55.8 Å². The molecule has 1 aromatic carbocycles. The van der Waals surface area contributed by atoms with Gasteiger partial charge in [-0.05, 0) is 42.7 Å². The van der Waals surface area contributed by atoms with Gasteiger partial charge in [-0.25, -0.2) is 9.97 Å². The Hall–Kier alpha value is -2.70. The Kier molecular flexibility index (Phi) is 4.60. The Balaban J connectivity index is 1.51. The number of aromatic nitrogens is 3. The highest BCUT2D eigenvalue weighted by Gasteiger charge is 2.22. The van der Waals surface area contributed by atoms with Crippen LogP contribution in [0, 0.1) is 0 Å². The van der Waals surface area contributed by atoms with E-state index in [2.05, 4.69) is 45.3 Å². The Morgan fingerprint density at radius 3 is 3.00 bits per heavy atom. The van der Waals surface area contributed by atoms with Gasteiger partial charge in [-0.15, -0.1) is 0 Å². The molecule has 1 atom stereocenters. The van der Waals surface area contributed by atoms with Crippen molar-refractivity contribution in [3.8, 4) is 0 Å². The van der Waals surface area contributed by atoms with Crippen molar-refractivity contribution < 1.29 is 4.79 Å². The number of halogens is 1. The Bertz CT molecular complexity index is 1140. The summed E-state index contributed by atoms with van der Waals surface area (Å²) < 4.78 is 1.76. The third-order valence-electron chi connectivity index (χ3n) is 5.64. The van der Waals surface area contributed by atoms with Crippen molar-refractivity contribution in [2.75, 3.05) is 24.5 Å². The quantitative estimate of drug-likeness (QED) is 0.706. The minimum Gasteiger partial charge on any atom is -0.369 e. The summed E-state index contributed by atoms with van der Waals surface area (Å²) in [5, 5.41) is 4.01. The van der Waals surface area contributed by atoms with Crippen LogP contribution in [-0.2, 0) is 11.2 Å². The van der Waals surface area contributed by atoms with Crippen LogP contribution >= 0.6 is 11.6 Å². The molecule has 1 fully saturated rings. The first kappa shape index (κ1) is 18.3. The molecule has 6 nitrogen and oxygen atoms in total. The zero-order valence-electron chi connectivity index (χ0n) is 16.2. The van der Waals surface area contributed by atoms with Crippen molar-refractivity contribution in [2.45, 2.75) is 25.8 Å². The summed E-state index contributed by atoms with van der Waals surface area (Å²) in [6, 6.07) is 7.01. The van der Waals surface area contributed by atoms with E-state index in [1.807, 2.05) is 12.3 Å². The van der Waals surface area contributed by atoms with Gasteiger partial charge < -0.3 is 10.2 Å². The second-order valence-corrected chi connectivity index (χ2v) is 8.21. The number of benzene rings is 1. The first-order valence-electron chi connectivity index (χ1n) is 9.93. The summed E-state index contributed by atoms with van der Waals surface area (Å²) in [6.07, 6.45) is 8.31. The number of anilines is 1. The summed E-state index contributed by atoms with van der Waals surface area (Å²) in [4.78, 5) is 24.0. The van der Waals surface area contributed by atoms with E-state index < -0.39 is 0 Å². The first-order chi connectivity index (χ1) is 14.1. The number of nitrogens with one attached hydrogen (secondary N) is 1. The standard InChI is InChI=1S/C22H22ClN5O/c1-14-11-27(7-6-24-14)18-4-2-16-9-19(21(29)5-3-15(16)8-18)20-13-28-12-17(23)10-25-22(28)26-20/h2,4,8-10,12-14,24H,3,5-7,11H2,1H3/t14-/m0/s1. The number of ketones is 1. The molecule has 5 rings (SSSR count). The predicted octanol–water partition coefficient (Wildman–Crippen LogP) is 3.24. The van der Waals surface area contributed by atoms with Crippen LogP contribution in [0.5, 0.6) is 0 Å². The minimum atomic E-state index is 0.105.